The molecule has 1 aliphatic carbocycles. The van der Waals surface area contributed by atoms with E-state index in [2.05, 4.69) is 24.1 Å². The zero-order valence-corrected chi connectivity index (χ0v) is 16.6. The highest BCUT2D eigenvalue weighted by atomic mass is 16.5. The number of likely N-dealkylation sites (tertiary alicyclic amines) is 1. The molecule has 1 aliphatic heterocycles. The van der Waals surface area contributed by atoms with Crippen LogP contribution in [-0.4, -0.2) is 50.3 Å². The average molecular weight is 317 g/mol. The molecule has 3 heteroatoms. The maximum Gasteiger partial charge on any atom is 0.0595 e. The van der Waals surface area contributed by atoms with Gasteiger partial charge in [-0.25, -0.2) is 0 Å². The molecule has 22 heavy (non-hydrogen) atoms. The van der Waals surface area contributed by atoms with Crippen molar-refractivity contribution in [3.05, 3.63) is 0 Å². The Morgan fingerprint density at radius 3 is 1.77 bits per heavy atom. The number of piperidine rings is 1. The van der Waals surface area contributed by atoms with Crippen molar-refractivity contribution in [3.8, 4) is 0 Å². The number of nitrogens with zero attached hydrogens (tertiary/aromatic N) is 1. The van der Waals surface area contributed by atoms with Gasteiger partial charge in [0.2, 0.25) is 0 Å². The Kier molecular flexibility index (Phi) is 20.8. The van der Waals surface area contributed by atoms with Gasteiger partial charge in [-0.15, -0.1) is 0 Å². The van der Waals surface area contributed by atoms with Gasteiger partial charge in [-0.1, -0.05) is 48.0 Å². The van der Waals surface area contributed by atoms with Crippen molar-refractivity contribution in [2.75, 3.05) is 33.3 Å². The Balaban J connectivity index is 0. The molecule has 2 aliphatic rings. The highest BCUT2D eigenvalue weighted by Gasteiger charge is 2.17. The summed E-state index contributed by atoms with van der Waals surface area (Å²) >= 11 is 0. The third-order valence-electron chi connectivity index (χ3n) is 4.01. The Morgan fingerprint density at radius 1 is 0.955 bits per heavy atom. The third-order valence-corrected chi connectivity index (χ3v) is 4.01. The number of hydrogen-bond acceptors (Lipinski definition) is 3. The van der Waals surface area contributed by atoms with E-state index in [1.807, 2.05) is 34.8 Å². The molecule has 1 N–H and O–H groups in total. The summed E-state index contributed by atoms with van der Waals surface area (Å²) in [7, 11) is 1.82. The molecule has 2 fully saturated rings. The van der Waals surface area contributed by atoms with Crippen LogP contribution in [0.4, 0.5) is 0 Å². The van der Waals surface area contributed by atoms with Crippen molar-refractivity contribution in [1.29, 1.82) is 0 Å². The summed E-state index contributed by atoms with van der Waals surface area (Å²) in [6, 6.07) is 0.880. The molecule has 3 nitrogen and oxygen atoms in total. The number of nitrogens with one attached hydrogen (secondary N) is 1. The van der Waals surface area contributed by atoms with Crippen LogP contribution in [0.2, 0.25) is 0 Å². The molecule has 1 saturated heterocycles. The summed E-state index contributed by atoms with van der Waals surface area (Å²) in [6.45, 7) is 17.3. The van der Waals surface area contributed by atoms with Crippen LogP contribution in [0.15, 0.2) is 0 Å². The second kappa shape index (κ2) is 18.9. The minimum atomic E-state index is 0.531. The van der Waals surface area contributed by atoms with E-state index in [0.717, 1.165) is 12.6 Å². The lowest BCUT2D eigenvalue weighted by molar-refractivity contribution is 0.0412. The highest BCUT2D eigenvalue weighted by Crippen LogP contribution is 2.17. The van der Waals surface area contributed by atoms with Crippen LogP contribution in [-0.2, 0) is 4.74 Å². The van der Waals surface area contributed by atoms with E-state index in [0.29, 0.717) is 6.10 Å². The fourth-order valence-electron chi connectivity index (χ4n) is 2.59. The van der Waals surface area contributed by atoms with Gasteiger partial charge in [0.1, 0.15) is 0 Å². The summed E-state index contributed by atoms with van der Waals surface area (Å²) in [6.07, 6.45) is 8.51. The van der Waals surface area contributed by atoms with E-state index in [4.69, 9.17) is 4.74 Å². The molecule has 0 spiro atoms. The van der Waals surface area contributed by atoms with Gasteiger partial charge in [-0.2, -0.15) is 0 Å². The van der Waals surface area contributed by atoms with Crippen molar-refractivity contribution in [1.82, 2.24) is 10.2 Å². The Hall–Kier alpha value is -0.120. The molecule has 136 valence electrons. The topological polar surface area (TPSA) is 24.5 Å². The molecule has 0 aromatic rings. The maximum absolute atomic E-state index is 5.29. The fraction of sp³-hybridized carbons (Fsp3) is 1.00. The van der Waals surface area contributed by atoms with Crippen LogP contribution in [0.5, 0.6) is 0 Å². The number of methoxy groups -OCH3 is 1. The van der Waals surface area contributed by atoms with Gasteiger partial charge in [0.05, 0.1) is 6.10 Å². The van der Waals surface area contributed by atoms with Crippen LogP contribution >= 0.6 is 0 Å². The van der Waals surface area contributed by atoms with E-state index >= 15 is 0 Å². The minimum absolute atomic E-state index is 0.531. The van der Waals surface area contributed by atoms with E-state index < -0.39 is 0 Å². The molecule has 0 atom stereocenters. The highest BCUT2D eigenvalue weighted by molar-refractivity contribution is 4.74. The molecule has 1 saturated carbocycles. The standard InChI is InChI=1S/C9H19NO.C6H13N.2C2H6/c1-3-6-10-7-4-9(11-2)5-8-10;1-2-7-6-4-3-5-6;2*1-2/h9H,3-8H2,1-2H3;6-7H,2-5H2,1H3;2*1-2H3. The quantitative estimate of drug-likeness (QED) is 0.795. The van der Waals surface area contributed by atoms with Gasteiger partial charge < -0.3 is 15.0 Å². The molecule has 0 amide bonds. The third kappa shape index (κ3) is 12.4. The molecule has 0 unspecified atom stereocenters. The maximum atomic E-state index is 5.29. The first-order chi connectivity index (χ1) is 10.8. The molecule has 2 rings (SSSR count). The lowest BCUT2D eigenvalue weighted by Crippen LogP contribution is -2.36. The van der Waals surface area contributed by atoms with Gasteiger partial charge in [0.15, 0.2) is 0 Å². The van der Waals surface area contributed by atoms with Gasteiger partial charge in [-0.3, -0.25) is 0 Å². The monoisotopic (exact) mass is 316 g/mol. The number of hydrogen-bond donors (Lipinski definition) is 1. The van der Waals surface area contributed by atoms with Crippen LogP contribution in [0.3, 0.4) is 0 Å². The van der Waals surface area contributed by atoms with E-state index in [1.165, 1.54) is 58.2 Å². The molecule has 0 aromatic carbocycles. The lowest BCUT2D eigenvalue weighted by atomic mass is 9.93. The Labute approximate surface area is 141 Å². The molecular formula is C19H44N2O. The first-order valence-corrected chi connectivity index (χ1v) is 9.78. The van der Waals surface area contributed by atoms with Crippen LogP contribution in [0.1, 0.15) is 80.1 Å². The van der Waals surface area contributed by atoms with Crippen LogP contribution in [0, 0.1) is 0 Å². The van der Waals surface area contributed by atoms with Crippen molar-refractivity contribution >= 4 is 0 Å². The van der Waals surface area contributed by atoms with Gasteiger partial charge in [0.25, 0.3) is 0 Å². The van der Waals surface area contributed by atoms with E-state index in [1.54, 1.807) is 0 Å². The summed E-state index contributed by atoms with van der Waals surface area (Å²) < 4.78 is 5.29. The smallest absolute Gasteiger partial charge is 0.0595 e. The van der Waals surface area contributed by atoms with Gasteiger partial charge in [0, 0.05) is 26.2 Å². The summed E-state index contributed by atoms with van der Waals surface area (Å²) in [5.74, 6) is 0. The summed E-state index contributed by atoms with van der Waals surface area (Å²) in [5, 5.41) is 3.38. The molecule has 0 bridgehead atoms. The van der Waals surface area contributed by atoms with Gasteiger partial charge >= 0.3 is 0 Å². The second-order valence-electron chi connectivity index (χ2n) is 5.46. The average Bonchev–Trinajstić information content (AvgIpc) is 2.56. The first kappa shape index (κ1) is 24.1. The fourth-order valence-corrected chi connectivity index (χ4v) is 2.59. The van der Waals surface area contributed by atoms with Crippen molar-refractivity contribution in [2.45, 2.75) is 92.2 Å². The lowest BCUT2D eigenvalue weighted by Gasteiger charge is -2.30. The predicted octanol–water partition coefficient (Wildman–Crippen LogP) is 4.71. The molecule has 0 radical (unpaired) electrons. The van der Waals surface area contributed by atoms with Crippen molar-refractivity contribution in [3.63, 3.8) is 0 Å². The number of rotatable bonds is 5. The Morgan fingerprint density at radius 2 is 1.50 bits per heavy atom. The first-order valence-electron chi connectivity index (χ1n) is 9.78. The zero-order valence-electron chi connectivity index (χ0n) is 16.6. The van der Waals surface area contributed by atoms with Gasteiger partial charge in [-0.05, 0) is 45.2 Å². The van der Waals surface area contributed by atoms with Crippen molar-refractivity contribution in [2.24, 2.45) is 0 Å². The van der Waals surface area contributed by atoms with Crippen LogP contribution < -0.4 is 5.32 Å². The van der Waals surface area contributed by atoms with Crippen molar-refractivity contribution < 1.29 is 4.74 Å². The van der Waals surface area contributed by atoms with E-state index in [9.17, 15) is 0 Å². The van der Waals surface area contributed by atoms with E-state index in [-0.39, 0.29) is 0 Å². The molecule has 1 heterocycles. The largest absolute Gasteiger partial charge is 0.381 e. The second-order valence-corrected chi connectivity index (χ2v) is 5.46. The Bertz CT molecular complexity index is 188. The molecule has 0 aromatic heterocycles. The van der Waals surface area contributed by atoms with Crippen LogP contribution in [0.25, 0.3) is 0 Å². The molecular weight excluding hydrogens is 272 g/mol. The summed E-state index contributed by atoms with van der Waals surface area (Å²) in [4.78, 5) is 2.52. The number of ether oxygens (including phenoxy) is 1. The normalized spacial score (nSPS) is 18.7. The zero-order chi connectivity index (χ0) is 17.2. The minimum Gasteiger partial charge on any atom is -0.381 e. The predicted molar refractivity (Wildman–Crippen MR) is 101 cm³/mol. The SMILES string of the molecule is CC.CC.CCCN1CCC(OC)CC1.CCNC1CCC1. The summed E-state index contributed by atoms with van der Waals surface area (Å²) in [5.41, 5.74) is 0.